The summed E-state index contributed by atoms with van der Waals surface area (Å²) in [7, 11) is 0. The highest BCUT2D eigenvalue weighted by Gasteiger charge is 2.03. The summed E-state index contributed by atoms with van der Waals surface area (Å²) in [4.78, 5) is 10.8. The van der Waals surface area contributed by atoms with Crippen molar-refractivity contribution in [1.29, 1.82) is 0 Å². The molecular weight excluding hydrogens is 288 g/mol. The van der Waals surface area contributed by atoms with Crippen LogP contribution in [-0.2, 0) is 22.9 Å². The van der Waals surface area contributed by atoms with Crippen molar-refractivity contribution in [3.05, 3.63) is 71.8 Å². The van der Waals surface area contributed by atoms with Crippen LogP contribution < -0.4 is 0 Å². The Morgan fingerprint density at radius 3 is 1.74 bits per heavy atom. The molecule has 0 saturated carbocycles. The molecule has 0 N–H and O–H groups in total. The summed E-state index contributed by atoms with van der Waals surface area (Å²) in [5, 5.41) is 8.29. The van der Waals surface area contributed by atoms with Gasteiger partial charge in [-0.25, -0.2) is 0 Å². The van der Waals surface area contributed by atoms with E-state index in [0.29, 0.717) is 13.2 Å². The predicted octanol–water partition coefficient (Wildman–Crippen LogP) is 4.56. The number of hydrogen-bond acceptors (Lipinski definition) is 4. The van der Waals surface area contributed by atoms with Crippen LogP contribution in [0.5, 0.6) is 0 Å². The summed E-state index contributed by atoms with van der Waals surface area (Å²) in [6.45, 7) is 4.78. The molecule has 0 aliphatic carbocycles. The van der Waals surface area contributed by atoms with E-state index < -0.39 is 0 Å². The van der Waals surface area contributed by atoms with Crippen molar-refractivity contribution in [2.45, 2.75) is 33.5 Å². The second kappa shape index (κ2) is 9.41. The molecule has 0 radical (unpaired) electrons. The van der Waals surface area contributed by atoms with Gasteiger partial charge >= 0.3 is 0 Å². The zero-order valence-corrected chi connectivity index (χ0v) is 13.6. The first-order valence-electron chi connectivity index (χ1n) is 7.73. The maximum absolute atomic E-state index is 5.41. The molecular formula is C19H22N2O2. The molecule has 2 aromatic rings. The summed E-state index contributed by atoms with van der Waals surface area (Å²) in [5.41, 5.74) is 3.69. The maximum Gasteiger partial charge on any atom is 0.142 e. The molecule has 0 aromatic heterocycles. The van der Waals surface area contributed by atoms with Crippen molar-refractivity contribution in [3.8, 4) is 0 Å². The topological polar surface area (TPSA) is 43.2 Å². The molecule has 120 valence electrons. The molecule has 0 bridgehead atoms. The van der Waals surface area contributed by atoms with Crippen molar-refractivity contribution < 1.29 is 9.68 Å². The minimum absolute atomic E-state index is 0.444. The fourth-order valence-corrected chi connectivity index (χ4v) is 1.98. The number of hydrogen-bond donors (Lipinski definition) is 0. The molecule has 0 unspecified atom stereocenters. The third kappa shape index (κ3) is 5.94. The molecule has 2 aromatic carbocycles. The Bertz CT molecular complexity index is 637. The summed E-state index contributed by atoms with van der Waals surface area (Å²) >= 11 is 0. The van der Waals surface area contributed by atoms with Crippen LogP contribution in [-0.4, -0.2) is 11.4 Å². The first kappa shape index (κ1) is 16.7. The first-order chi connectivity index (χ1) is 11.3. The normalized spacial score (nSPS) is 12.1. The van der Waals surface area contributed by atoms with E-state index in [1.165, 1.54) is 0 Å². The molecule has 2 rings (SSSR count). The minimum Gasteiger partial charge on any atom is -0.391 e. The molecule has 0 spiro atoms. The first-order valence-corrected chi connectivity index (χ1v) is 7.73. The van der Waals surface area contributed by atoms with Gasteiger partial charge in [-0.05, 0) is 24.5 Å². The van der Waals surface area contributed by atoms with E-state index in [1.807, 2.05) is 74.5 Å². The highest BCUT2D eigenvalue weighted by atomic mass is 16.6. The average molecular weight is 310 g/mol. The second-order valence-corrected chi connectivity index (χ2v) is 5.09. The highest BCUT2D eigenvalue weighted by Crippen LogP contribution is 2.04. The average Bonchev–Trinajstić information content (AvgIpc) is 2.60. The molecule has 0 saturated heterocycles. The molecule has 0 atom stereocenters. The van der Waals surface area contributed by atoms with Crippen molar-refractivity contribution in [3.63, 3.8) is 0 Å². The van der Waals surface area contributed by atoms with Gasteiger partial charge in [0.2, 0.25) is 0 Å². The summed E-state index contributed by atoms with van der Waals surface area (Å²) in [6, 6.07) is 19.9. The van der Waals surface area contributed by atoms with Crippen molar-refractivity contribution >= 4 is 11.4 Å². The zero-order valence-electron chi connectivity index (χ0n) is 13.6. The van der Waals surface area contributed by atoms with E-state index in [2.05, 4.69) is 10.3 Å². The van der Waals surface area contributed by atoms with Crippen LogP contribution >= 0.6 is 0 Å². The van der Waals surface area contributed by atoms with Crippen LogP contribution in [0, 0.1) is 0 Å². The van der Waals surface area contributed by atoms with Gasteiger partial charge in [0.05, 0.1) is 0 Å². The molecule has 0 amide bonds. The lowest BCUT2D eigenvalue weighted by molar-refractivity contribution is 0.127. The van der Waals surface area contributed by atoms with Crippen LogP contribution in [0.15, 0.2) is 71.0 Å². The quantitative estimate of drug-likeness (QED) is 0.530. The van der Waals surface area contributed by atoms with Gasteiger partial charge < -0.3 is 9.68 Å². The number of rotatable bonds is 8. The minimum atomic E-state index is 0.444. The van der Waals surface area contributed by atoms with Crippen molar-refractivity contribution in [2.75, 3.05) is 0 Å². The Morgan fingerprint density at radius 1 is 0.783 bits per heavy atom. The number of oxime groups is 2. The largest absolute Gasteiger partial charge is 0.391 e. The number of benzene rings is 2. The predicted molar refractivity (Wildman–Crippen MR) is 93.3 cm³/mol. The second-order valence-electron chi connectivity index (χ2n) is 5.09. The Morgan fingerprint density at radius 2 is 1.26 bits per heavy atom. The third-order valence-electron chi connectivity index (χ3n) is 3.28. The standard InChI is InChI=1S/C19H22N2O2/c1-3-19(21-23-15-18-12-8-5-9-13-18)16(2)20-22-14-17-10-6-4-7-11-17/h4-13H,3,14-15H2,1-2H3/b20-16+,21-19+. The summed E-state index contributed by atoms with van der Waals surface area (Å²) in [6.07, 6.45) is 0.735. The molecule has 0 fully saturated rings. The fourth-order valence-electron chi connectivity index (χ4n) is 1.98. The van der Waals surface area contributed by atoms with Gasteiger partial charge in [-0.15, -0.1) is 0 Å². The zero-order chi connectivity index (χ0) is 16.3. The van der Waals surface area contributed by atoms with Gasteiger partial charge in [0.1, 0.15) is 24.6 Å². The summed E-state index contributed by atoms with van der Waals surface area (Å²) in [5.74, 6) is 0. The van der Waals surface area contributed by atoms with E-state index in [9.17, 15) is 0 Å². The highest BCUT2D eigenvalue weighted by molar-refractivity contribution is 6.41. The van der Waals surface area contributed by atoms with Gasteiger partial charge in [-0.2, -0.15) is 0 Å². The molecule has 0 aliphatic rings. The molecule has 4 heteroatoms. The Balaban J connectivity index is 1.85. The Kier molecular flexibility index (Phi) is 6.85. The van der Waals surface area contributed by atoms with E-state index in [1.54, 1.807) is 0 Å². The van der Waals surface area contributed by atoms with E-state index >= 15 is 0 Å². The van der Waals surface area contributed by atoms with Crippen LogP contribution in [0.4, 0.5) is 0 Å². The monoisotopic (exact) mass is 310 g/mol. The van der Waals surface area contributed by atoms with E-state index in [-0.39, 0.29) is 0 Å². The fraction of sp³-hybridized carbons (Fsp3) is 0.263. The van der Waals surface area contributed by atoms with Crippen LogP contribution in [0.3, 0.4) is 0 Å². The Labute approximate surface area is 137 Å². The Hall–Kier alpha value is -2.62. The van der Waals surface area contributed by atoms with Gasteiger partial charge in [-0.3, -0.25) is 0 Å². The van der Waals surface area contributed by atoms with Crippen LogP contribution in [0.1, 0.15) is 31.4 Å². The van der Waals surface area contributed by atoms with E-state index in [4.69, 9.17) is 9.68 Å². The van der Waals surface area contributed by atoms with Gasteiger partial charge in [0, 0.05) is 0 Å². The smallest absolute Gasteiger partial charge is 0.142 e. The third-order valence-corrected chi connectivity index (χ3v) is 3.28. The van der Waals surface area contributed by atoms with Gasteiger partial charge in [0.15, 0.2) is 0 Å². The molecule has 23 heavy (non-hydrogen) atoms. The van der Waals surface area contributed by atoms with Gasteiger partial charge in [-0.1, -0.05) is 77.9 Å². The lowest BCUT2D eigenvalue weighted by Gasteiger charge is -2.05. The summed E-state index contributed by atoms with van der Waals surface area (Å²) < 4.78 is 0. The van der Waals surface area contributed by atoms with Crippen molar-refractivity contribution in [1.82, 2.24) is 0 Å². The SMILES string of the molecule is CCC(=N\OCc1ccccc1)/C(C)=N/OCc1ccccc1. The van der Waals surface area contributed by atoms with Crippen molar-refractivity contribution in [2.24, 2.45) is 10.3 Å². The number of nitrogens with zero attached hydrogens (tertiary/aromatic N) is 2. The maximum atomic E-state index is 5.41. The molecule has 0 heterocycles. The lowest BCUT2D eigenvalue weighted by atomic mass is 10.2. The lowest BCUT2D eigenvalue weighted by Crippen LogP contribution is -2.10. The molecule has 0 aliphatic heterocycles. The van der Waals surface area contributed by atoms with Gasteiger partial charge in [0.25, 0.3) is 0 Å². The van der Waals surface area contributed by atoms with E-state index in [0.717, 1.165) is 29.0 Å². The van der Waals surface area contributed by atoms with Crippen LogP contribution in [0.2, 0.25) is 0 Å². The molecule has 4 nitrogen and oxygen atoms in total. The van der Waals surface area contributed by atoms with Crippen LogP contribution in [0.25, 0.3) is 0 Å².